The molecule has 7 heteroatoms. The van der Waals surface area contributed by atoms with Crippen LogP contribution in [0.2, 0.25) is 0 Å². The highest BCUT2D eigenvalue weighted by molar-refractivity contribution is 7.07. The number of rotatable bonds is 5. The highest BCUT2D eigenvalue weighted by Gasteiger charge is 2.33. The third-order valence-electron chi connectivity index (χ3n) is 5.22. The van der Waals surface area contributed by atoms with Gasteiger partial charge in [0, 0.05) is 24.0 Å². The summed E-state index contributed by atoms with van der Waals surface area (Å²) in [6.45, 7) is 0.827. The molecule has 0 amide bonds. The van der Waals surface area contributed by atoms with Gasteiger partial charge < -0.3 is 10.6 Å². The largest absolute Gasteiger partial charge is 0.417 e. The van der Waals surface area contributed by atoms with Gasteiger partial charge in [0.2, 0.25) is 0 Å². The van der Waals surface area contributed by atoms with E-state index in [1.54, 1.807) is 29.5 Å². The number of thiophene rings is 1. The molecule has 0 radical (unpaired) electrons. The van der Waals surface area contributed by atoms with Crippen molar-refractivity contribution in [3.8, 4) is 0 Å². The molecule has 0 saturated heterocycles. The molecule has 0 aliphatic heterocycles. The molecule has 1 aliphatic rings. The summed E-state index contributed by atoms with van der Waals surface area (Å²) in [6, 6.07) is 10.1. The number of aromatic nitrogens is 1. The first-order chi connectivity index (χ1) is 13.5. The number of nitrogens with one attached hydrogen (secondary N) is 2. The van der Waals surface area contributed by atoms with Gasteiger partial charge in [-0.2, -0.15) is 24.5 Å². The van der Waals surface area contributed by atoms with Crippen LogP contribution in [0.5, 0.6) is 0 Å². The van der Waals surface area contributed by atoms with Gasteiger partial charge >= 0.3 is 6.18 Å². The monoisotopic (exact) mass is 405 g/mol. The van der Waals surface area contributed by atoms with E-state index in [1.165, 1.54) is 11.6 Å². The number of hydrogen-bond acceptors (Lipinski definition) is 4. The van der Waals surface area contributed by atoms with Crippen LogP contribution in [-0.4, -0.2) is 17.1 Å². The van der Waals surface area contributed by atoms with E-state index in [9.17, 15) is 13.2 Å². The van der Waals surface area contributed by atoms with E-state index in [1.807, 2.05) is 0 Å². The molecule has 2 aromatic heterocycles. The van der Waals surface area contributed by atoms with Gasteiger partial charge in [-0.1, -0.05) is 18.2 Å². The number of alkyl halides is 3. The van der Waals surface area contributed by atoms with Crippen LogP contribution in [0.25, 0.3) is 10.9 Å². The lowest BCUT2D eigenvalue weighted by Crippen LogP contribution is -2.38. The van der Waals surface area contributed by atoms with Gasteiger partial charge in [0.05, 0.1) is 11.1 Å². The van der Waals surface area contributed by atoms with E-state index in [0.29, 0.717) is 17.4 Å². The number of pyridine rings is 1. The molecule has 3 nitrogen and oxygen atoms in total. The van der Waals surface area contributed by atoms with Gasteiger partial charge in [0.1, 0.15) is 5.82 Å². The average Bonchev–Trinajstić information content (AvgIpc) is 3.19. The van der Waals surface area contributed by atoms with Gasteiger partial charge in [-0.25, -0.2) is 4.98 Å². The van der Waals surface area contributed by atoms with Crippen molar-refractivity contribution in [3.63, 3.8) is 0 Å². The summed E-state index contributed by atoms with van der Waals surface area (Å²) in [5, 5.41) is 11.2. The molecule has 0 unspecified atom stereocenters. The second-order valence-electron chi connectivity index (χ2n) is 7.29. The number of benzene rings is 1. The van der Waals surface area contributed by atoms with Crippen LogP contribution in [0.15, 0.2) is 47.2 Å². The predicted octanol–water partition coefficient (Wildman–Crippen LogP) is 5.83. The highest BCUT2D eigenvalue weighted by Crippen LogP contribution is 2.36. The van der Waals surface area contributed by atoms with Crippen molar-refractivity contribution in [1.82, 2.24) is 10.3 Å². The Balaban J connectivity index is 1.48. The highest BCUT2D eigenvalue weighted by atomic mass is 32.1. The first kappa shape index (κ1) is 19.2. The van der Waals surface area contributed by atoms with E-state index in [-0.39, 0.29) is 11.4 Å². The fourth-order valence-electron chi connectivity index (χ4n) is 3.85. The summed E-state index contributed by atoms with van der Waals surface area (Å²) in [7, 11) is 0. The molecular weight excluding hydrogens is 383 g/mol. The Hall–Kier alpha value is -2.12. The third kappa shape index (κ3) is 4.47. The molecule has 3 aromatic rings. The van der Waals surface area contributed by atoms with Crippen molar-refractivity contribution >= 4 is 28.1 Å². The van der Waals surface area contributed by atoms with Crippen molar-refractivity contribution in [2.75, 3.05) is 5.32 Å². The van der Waals surface area contributed by atoms with Crippen LogP contribution < -0.4 is 10.6 Å². The molecule has 1 saturated carbocycles. The summed E-state index contributed by atoms with van der Waals surface area (Å²) in [5.41, 5.74) is 0.998. The molecule has 2 atom stereocenters. The van der Waals surface area contributed by atoms with E-state index in [2.05, 4.69) is 32.4 Å². The maximum atomic E-state index is 13.5. The van der Waals surface area contributed by atoms with Crippen LogP contribution in [0, 0.1) is 0 Å². The minimum absolute atomic E-state index is 0.114. The first-order valence-corrected chi connectivity index (χ1v) is 10.4. The number of nitrogens with zero attached hydrogens (tertiary/aromatic N) is 1. The Morgan fingerprint density at radius 3 is 2.71 bits per heavy atom. The predicted molar refractivity (Wildman–Crippen MR) is 108 cm³/mol. The number of halogens is 3. The molecule has 0 spiro atoms. The summed E-state index contributed by atoms with van der Waals surface area (Å²) in [5.74, 6) is 0.300. The molecule has 1 aromatic carbocycles. The maximum absolute atomic E-state index is 13.5. The van der Waals surface area contributed by atoms with Crippen molar-refractivity contribution in [2.45, 2.75) is 50.5 Å². The topological polar surface area (TPSA) is 37.0 Å². The van der Waals surface area contributed by atoms with Gasteiger partial charge in [-0.05, 0) is 60.2 Å². The summed E-state index contributed by atoms with van der Waals surface area (Å²) in [6.07, 6.45) is -0.470. The summed E-state index contributed by atoms with van der Waals surface area (Å²) >= 11 is 1.68. The Morgan fingerprint density at radius 1 is 1.11 bits per heavy atom. The van der Waals surface area contributed by atoms with Crippen LogP contribution in [0.3, 0.4) is 0 Å². The zero-order chi connectivity index (χ0) is 19.6. The second-order valence-corrected chi connectivity index (χ2v) is 8.07. The Bertz CT molecular complexity index is 924. The second kappa shape index (κ2) is 8.09. The number of para-hydroxylation sites is 1. The van der Waals surface area contributed by atoms with E-state index in [4.69, 9.17) is 0 Å². The first-order valence-electron chi connectivity index (χ1n) is 9.47. The van der Waals surface area contributed by atoms with Gasteiger partial charge in [0.15, 0.2) is 0 Å². The molecule has 4 rings (SSSR count). The Morgan fingerprint density at radius 2 is 1.93 bits per heavy atom. The molecule has 2 heterocycles. The molecule has 1 aliphatic carbocycles. The van der Waals surface area contributed by atoms with Crippen LogP contribution in [0.1, 0.15) is 36.8 Å². The zero-order valence-corrected chi connectivity index (χ0v) is 16.1. The smallest absolute Gasteiger partial charge is 0.367 e. The van der Waals surface area contributed by atoms with Gasteiger partial charge in [0.25, 0.3) is 0 Å². The van der Waals surface area contributed by atoms with E-state index < -0.39 is 11.7 Å². The Kier molecular flexibility index (Phi) is 5.55. The van der Waals surface area contributed by atoms with E-state index >= 15 is 0 Å². The summed E-state index contributed by atoms with van der Waals surface area (Å²) in [4.78, 5) is 4.43. The minimum Gasteiger partial charge on any atom is -0.367 e. The maximum Gasteiger partial charge on any atom is 0.417 e. The SMILES string of the molecule is FC(F)(F)c1cc(N[C@H]2CCC[C@H](NCc3ccsc3)C2)nc2ccccc12. The molecule has 0 bridgehead atoms. The van der Waals surface area contributed by atoms with Crippen molar-refractivity contribution < 1.29 is 13.2 Å². The minimum atomic E-state index is -4.41. The van der Waals surface area contributed by atoms with Crippen molar-refractivity contribution in [2.24, 2.45) is 0 Å². The fourth-order valence-corrected chi connectivity index (χ4v) is 4.52. The van der Waals surface area contributed by atoms with Crippen LogP contribution in [0.4, 0.5) is 19.0 Å². The Labute approximate surface area is 166 Å². The molecule has 148 valence electrons. The lowest BCUT2D eigenvalue weighted by Gasteiger charge is -2.31. The van der Waals surface area contributed by atoms with Gasteiger partial charge in [-0.15, -0.1) is 0 Å². The van der Waals surface area contributed by atoms with Gasteiger partial charge in [-0.3, -0.25) is 0 Å². The quantitative estimate of drug-likeness (QED) is 0.561. The number of hydrogen-bond donors (Lipinski definition) is 2. The third-order valence-corrected chi connectivity index (χ3v) is 5.95. The van der Waals surface area contributed by atoms with E-state index in [0.717, 1.165) is 38.3 Å². The standard InChI is InChI=1S/C21H22F3N3S/c22-21(23,24)18-11-20(27-19-7-2-1-6-17(18)19)26-16-5-3-4-15(10-16)25-12-14-8-9-28-13-14/h1-2,6-9,11,13,15-16,25H,3-5,10,12H2,(H,26,27)/t15-,16-/m0/s1. The number of anilines is 1. The lowest BCUT2D eigenvalue weighted by molar-refractivity contribution is -0.136. The molecule has 2 N–H and O–H groups in total. The average molecular weight is 405 g/mol. The normalized spacial score (nSPS) is 20.4. The van der Waals surface area contributed by atoms with Crippen molar-refractivity contribution in [1.29, 1.82) is 0 Å². The van der Waals surface area contributed by atoms with Crippen LogP contribution >= 0.6 is 11.3 Å². The molecule has 28 heavy (non-hydrogen) atoms. The number of fused-ring (bicyclic) bond motifs is 1. The molecular formula is C21H22F3N3S. The van der Waals surface area contributed by atoms with Crippen molar-refractivity contribution in [3.05, 3.63) is 58.3 Å². The zero-order valence-electron chi connectivity index (χ0n) is 15.3. The fraction of sp³-hybridized carbons (Fsp3) is 0.381. The lowest BCUT2D eigenvalue weighted by atomic mass is 9.90. The molecule has 1 fully saturated rings. The summed E-state index contributed by atoms with van der Waals surface area (Å²) < 4.78 is 40.5. The van der Waals surface area contributed by atoms with Crippen LogP contribution in [-0.2, 0) is 12.7 Å².